The van der Waals surface area contributed by atoms with Gasteiger partial charge in [-0.1, -0.05) is 0 Å². The van der Waals surface area contributed by atoms with Crippen LogP contribution in [0.4, 0.5) is 0 Å². The number of allylic oxidation sites excluding steroid dienone is 2. The van der Waals surface area contributed by atoms with Gasteiger partial charge in [0.1, 0.15) is 0 Å². The smallest absolute Gasteiger partial charge is 1.00 e. The molecule has 0 aliphatic heterocycles. The molecule has 0 saturated carbocycles. The van der Waals surface area contributed by atoms with Crippen LogP contribution in [0.25, 0.3) is 23.3 Å². The summed E-state index contributed by atoms with van der Waals surface area (Å²) < 4.78 is 1.31. The molecule has 0 N–H and O–H groups in total. The molecule has 0 fully saturated rings. The molecule has 0 amide bonds. The molecule has 0 nitrogen and oxygen atoms in total. The molecule has 0 bridgehead atoms. The molecule has 3 unspecified atom stereocenters. The van der Waals surface area contributed by atoms with Crippen LogP contribution in [0.3, 0.4) is 0 Å². The van der Waals surface area contributed by atoms with Crippen molar-refractivity contribution in [3.8, 4) is 11.1 Å². The Hall–Kier alpha value is -1.76. The van der Waals surface area contributed by atoms with Gasteiger partial charge >= 0.3 is 217 Å². The SMILES string of the molecule is CC1=Cc2c(-c3ccccc3)cccc2[CH]1[Hf+2][CH]1C(Pc2ccccc2C)=Cc2ccccc21.[Cl-].[Cl-]. The van der Waals surface area contributed by atoms with E-state index in [1.807, 2.05) is 0 Å². The molecule has 0 heterocycles. The number of halogens is 2. The van der Waals surface area contributed by atoms with Crippen molar-refractivity contribution in [1.82, 2.24) is 0 Å². The molecule has 4 aromatic rings. The van der Waals surface area contributed by atoms with Crippen LogP contribution in [0.1, 0.15) is 42.1 Å². The summed E-state index contributed by atoms with van der Waals surface area (Å²) in [6.07, 6.45) is 5.01. The molecule has 4 heteroatoms. The van der Waals surface area contributed by atoms with Crippen LogP contribution >= 0.6 is 8.58 Å². The fourth-order valence-electron chi connectivity index (χ4n) is 5.29. The van der Waals surface area contributed by atoms with Gasteiger partial charge in [-0.2, -0.15) is 0 Å². The summed E-state index contributed by atoms with van der Waals surface area (Å²) in [5.41, 5.74) is 11.8. The average Bonchev–Trinajstić information content (AvgIpc) is 3.38. The zero-order valence-corrected chi connectivity index (χ0v) is 26.4. The van der Waals surface area contributed by atoms with Crippen molar-refractivity contribution >= 4 is 26.0 Å². The summed E-state index contributed by atoms with van der Waals surface area (Å²) in [7, 11) is 0.767. The maximum Gasteiger partial charge on any atom is -1.00 e. The van der Waals surface area contributed by atoms with Gasteiger partial charge < -0.3 is 24.8 Å². The van der Waals surface area contributed by atoms with Crippen molar-refractivity contribution in [3.63, 3.8) is 0 Å². The minimum Gasteiger partial charge on any atom is -1.00 e. The number of aryl methyl sites for hydroxylation is 1. The van der Waals surface area contributed by atoms with Gasteiger partial charge in [0.15, 0.2) is 0 Å². The maximum absolute atomic E-state index is 2.52. The van der Waals surface area contributed by atoms with E-state index in [-0.39, 0.29) is 24.8 Å². The second-order valence-electron chi connectivity index (χ2n) is 9.26. The molecule has 2 aliphatic rings. The summed E-state index contributed by atoms with van der Waals surface area (Å²) in [6, 6.07) is 35.9. The van der Waals surface area contributed by atoms with Gasteiger partial charge in [-0.25, -0.2) is 0 Å². The normalized spacial score (nSPS) is 17.4. The van der Waals surface area contributed by atoms with E-state index in [4.69, 9.17) is 0 Å². The summed E-state index contributed by atoms with van der Waals surface area (Å²) in [4.78, 5) is 0. The summed E-state index contributed by atoms with van der Waals surface area (Å²) in [5, 5.41) is 3.17. The summed E-state index contributed by atoms with van der Waals surface area (Å²) in [5.74, 6) is 0. The van der Waals surface area contributed by atoms with E-state index >= 15 is 0 Å². The van der Waals surface area contributed by atoms with Gasteiger partial charge in [-0.05, 0) is 0 Å². The summed E-state index contributed by atoms with van der Waals surface area (Å²) in [6.45, 7) is 4.63. The Labute approximate surface area is 240 Å². The fraction of sp³-hybridized carbons (Fsp3) is 0.125. The van der Waals surface area contributed by atoms with Crippen LogP contribution in [0.2, 0.25) is 0 Å². The van der Waals surface area contributed by atoms with Crippen LogP contribution in [-0.2, 0) is 22.9 Å². The predicted molar refractivity (Wildman–Crippen MR) is 145 cm³/mol. The average molecular weight is 692 g/mol. The van der Waals surface area contributed by atoms with E-state index in [0.717, 1.165) is 8.58 Å². The predicted octanol–water partition coefficient (Wildman–Crippen LogP) is 2.31. The Balaban J connectivity index is 0.00000152. The molecule has 0 saturated heterocycles. The van der Waals surface area contributed by atoms with E-state index in [1.165, 1.54) is 33.1 Å². The van der Waals surface area contributed by atoms with Crippen molar-refractivity contribution in [2.24, 2.45) is 0 Å². The number of rotatable bonds is 5. The fourth-order valence-corrected chi connectivity index (χ4v) is 14.6. The van der Waals surface area contributed by atoms with Crippen LogP contribution in [0, 0.1) is 6.92 Å². The Morgan fingerprint density at radius 2 is 1.33 bits per heavy atom. The minimum absolute atomic E-state index is 0. The van der Waals surface area contributed by atoms with E-state index < -0.39 is 22.9 Å². The van der Waals surface area contributed by atoms with E-state index in [0.29, 0.717) is 7.35 Å². The van der Waals surface area contributed by atoms with Crippen LogP contribution in [-0.4, -0.2) is 0 Å². The van der Waals surface area contributed by atoms with E-state index in [9.17, 15) is 0 Å². The first-order valence-corrected chi connectivity index (χ1v) is 17.1. The van der Waals surface area contributed by atoms with Crippen molar-refractivity contribution < 1.29 is 47.7 Å². The second-order valence-corrected chi connectivity index (χ2v) is 16.0. The van der Waals surface area contributed by atoms with Gasteiger partial charge in [0.05, 0.1) is 0 Å². The Morgan fingerprint density at radius 3 is 2.14 bits per heavy atom. The molecule has 0 aromatic heterocycles. The van der Waals surface area contributed by atoms with Crippen molar-refractivity contribution in [2.75, 3.05) is 0 Å². The van der Waals surface area contributed by atoms with E-state index in [1.54, 1.807) is 22.0 Å². The molecule has 0 radical (unpaired) electrons. The zero-order chi connectivity index (χ0) is 23.1. The Morgan fingerprint density at radius 1 is 0.639 bits per heavy atom. The number of benzene rings is 4. The first-order valence-electron chi connectivity index (χ1n) is 11.9. The molecule has 0 spiro atoms. The third-order valence-corrected chi connectivity index (χ3v) is 17.0. The summed E-state index contributed by atoms with van der Waals surface area (Å²) >= 11 is -1.16. The Kier molecular flexibility index (Phi) is 8.90. The third-order valence-electron chi connectivity index (χ3n) is 7.05. The third kappa shape index (κ3) is 5.14. The number of hydrogen-bond acceptors (Lipinski definition) is 0. The first kappa shape index (κ1) is 27.3. The molecule has 6 rings (SSSR count). The van der Waals surface area contributed by atoms with Gasteiger partial charge in [0, 0.05) is 0 Å². The topological polar surface area (TPSA) is 0 Å². The van der Waals surface area contributed by atoms with E-state index in [2.05, 4.69) is 123 Å². The van der Waals surface area contributed by atoms with Gasteiger partial charge in [0.25, 0.3) is 0 Å². The first-order chi connectivity index (χ1) is 16.7. The monoisotopic (exact) mass is 692 g/mol. The van der Waals surface area contributed by atoms with Crippen molar-refractivity contribution in [1.29, 1.82) is 0 Å². The van der Waals surface area contributed by atoms with Gasteiger partial charge in [-0.15, -0.1) is 0 Å². The molecule has 4 aromatic carbocycles. The van der Waals surface area contributed by atoms with Crippen LogP contribution in [0.5, 0.6) is 0 Å². The molecule has 2 aliphatic carbocycles. The van der Waals surface area contributed by atoms with Crippen LogP contribution < -0.4 is 30.1 Å². The maximum atomic E-state index is 2.52. The van der Waals surface area contributed by atoms with Crippen LogP contribution in [0.15, 0.2) is 108 Å². The minimum atomic E-state index is -1.16. The standard InChI is InChI=1S/C16H14P.C16H13.2ClH.Hf/c1-12-6-2-5-9-16(12)17-15-10-13-7-3-4-8-14(13)11-15;1-12-10-14-8-5-9-15(16(14)11-12)13-6-3-2-4-7-13;;;/h2-11,17H,1H3;2-11H,1H3;2*1H;/q;;;;+2/p-2. The molecular weight excluding hydrogens is 665 g/mol. The quantitative estimate of drug-likeness (QED) is 0.223. The van der Waals surface area contributed by atoms with Crippen molar-refractivity contribution in [2.45, 2.75) is 21.2 Å². The Bertz CT molecular complexity index is 1440. The molecule has 36 heavy (non-hydrogen) atoms. The zero-order valence-electron chi connectivity index (χ0n) is 20.3. The number of fused-ring (bicyclic) bond motifs is 2. The second kappa shape index (κ2) is 11.7. The molecule has 3 atom stereocenters. The molecule has 178 valence electrons. The molecular formula is C32H27Cl2HfP. The van der Waals surface area contributed by atoms with Gasteiger partial charge in [-0.3, -0.25) is 0 Å². The number of hydrogen-bond donors (Lipinski definition) is 0. The van der Waals surface area contributed by atoms with Gasteiger partial charge in [0.2, 0.25) is 0 Å². The van der Waals surface area contributed by atoms with Crippen molar-refractivity contribution in [3.05, 3.63) is 136 Å². The largest absolute Gasteiger partial charge is 1.00 e.